The summed E-state index contributed by atoms with van der Waals surface area (Å²) in [7, 11) is 0. The molecule has 1 aromatic rings. The van der Waals surface area contributed by atoms with Crippen LogP contribution in [-0.4, -0.2) is 60.4 Å². The molecule has 1 aromatic carbocycles. The van der Waals surface area contributed by atoms with Gasteiger partial charge >= 0.3 is 11.8 Å². The fourth-order valence-electron chi connectivity index (χ4n) is 5.81. The summed E-state index contributed by atoms with van der Waals surface area (Å²) in [5.74, 6) is -1.01. The number of benzene rings is 1. The second-order valence-electron chi connectivity index (χ2n) is 9.88. The Morgan fingerprint density at radius 3 is 2.36 bits per heavy atom. The van der Waals surface area contributed by atoms with Crippen LogP contribution < -0.4 is 4.90 Å². The normalized spacial score (nSPS) is 29.1. The van der Waals surface area contributed by atoms with E-state index in [-0.39, 0.29) is 28.6 Å². The molecular formula is C22H30FN3O2. The van der Waals surface area contributed by atoms with E-state index in [2.05, 4.69) is 20.8 Å². The van der Waals surface area contributed by atoms with Crippen LogP contribution in [-0.2, 0) is 9.59 Å². The van der Waals surface area contributed by atoms with Crippen LogP contribution in [0.2, 0.25) is 0 Å². The molecule has 3 fully saturated rings. The minimum absolute atomic E-state index is 0.117. The molecule has 0 N–H and O–H groups in total. The Kier molecular flexibility index (Phi) is 4.63. The summed E-state index contributed by atoms with van der Waals surface area (Å²) in [5.41, 5.74) is 0.886. The van der Waals surface area contributed by atoms with Crippen molar-refractivity contribution in [2.75, 3.05) is 37.6 Å². The van der Waals surface area contributed by atoms with Gasteiger partial charge in [-0.3, -0.25) is 9.59 Å². The molecule has 3 aliphatic rings. The van der Waals surface area contributed by atoms with Crippen LogP contribution >= 0.6 is 0 Å². The van der Waals surface area contributed by atoms with Crippen molar-refractivity contribution in [3.05, 3.63) is 30.1 Å². The van der Waals surface area contributed by atoms with Gasteiger partial charge in [0.05, 0.1) is 5.69 Å². The number of likely N-dealkylation sites (tertiary alicyclic amines) is 1. The molecule has 2 atom stereocenters. The maximum Gasteiger partial charge on any atom is 0.312 e. The van der Waals surface area contributed by atoms with Gasteiger partial charge in [-0.15, -0.1) is 0 Å². The summed E-state index contributed by atoms with van der Waals surface area (Å²) in [6, 6.07) is 6.86. The monoisotopic (exact) mass is 387 g/mol. The molecule has 2 aliphatic heterocycles. The molecule has 2 heterocycles. The van der Waals surface area contributed by atoms with E-state index in [1.54, 1.807) is 17.0 Å². The average molecular weight is 387 g/mol. The number of anilines is 1. The molecule has 6 heteroatoms. The summed E-state index contributed by atoms with van der Waals surface area (Å²) < 4.78 is 14.0. The van der Waals surface area contributed by atoms with Crippen molar-refractivity contribution in [3.8, 4) is 0 Å². The van der Waals surface area contributed by atoms with Gasteiger partial charge in [-0.1, -0.05) is 32.9 Å². The Balaban J connectivity index is 1.39. The number of halogens is 1. The topological polar surface area (TPSA) is 43.9 Å². The Hall–Kier alpha value is -2.11. The van der Waals surface area contributed by atoms with E-state index in [0.29, 0.717) is 38.4 Å². The van der Waals surface area contributed by atoms with E-state index >= 15 is 0 Å². The predicted molar refractivity (Wildman–Crippen MR) is 106 cm³/mol. The van der Waals surface area contributed by atoms with Gasteiger partial charge in [0.15, 0.2) is 0 Å². The van der Waals surface area contributed by atoms with Crippen molar-refractivity contribution in [2.24, 2.45) is 10.8 Å². The molecule has 2 saturated heterocycles. The van der Waals surface area contributed by atoms with Crippen molar-refractivity contribution in [2.45, 2.75) is 46.1 Å². The Bertz CT molecular complexity index is 788. The van der Waals surface area contributed by atoms with Gasteiger partial charge in [-0.25, -0.2) is 4.39 Å². The number of piperazine rings is 1. The largest absolute Gasteiger partial charge is 0.366 e. The van der Waals surface area contributed by atoms with Gasteiger partial charge in [0.2, 0.25) is 0 Å². The first kappa shape index (κ1) is 19.2. The molecule has 0 spiro atoms. The standard InChI is InChI=1S/C22H30FN3O2/c1-21(2)12-16-13-22(3,14-21)15-26(16)20(28)19(27)25-10-8-24(9-11-25)18-7-5-4-6-17(18)23/h4-7,16H,8-15H2,1-3H3. The maximum atomic E-state index is 14.0. The summed E-state index contributed by atoms with van der Waals surface area (Å²) >= 11 is 0. The third-order valence-electron chi connectivity index (χ3n) is 6.62. The number of hydrogen-bond acceptors (Lipinski definition) is 3. The minimum atomic E-state index is -0.401. The van der Waals surface area contributed by atoms with Crippen molar-refractivity contribution in [1.82, 2.24) is 9.80 Å². The highest BCUT2D eigenvalue weighted by Gasteiger charge is 2.52. The van der Waals surface area contributed by atoms with E-state index in [0.717, 1.165) is 19.3 Å². The molecule has 1 aliphatic carbocycles. The average Bonchev–Trinajstić information content (AvgIpc) is 2.90. The third-order valence-corrected chi connectivity index (χ3v) is 6.62. The lowest BCUT2D eigenvalue weighted by molar-refractivity contribution is -0.152. The van der Waals surface area contributed by atoms with E-state index in [4.69, 9.17) is 0 Å². The molecule has 2 amide bonds. The number of carbonyl (C=O) groups is 2. The summed E-state index contributed by atoms with van der Waals surface area (Å²) in [5, 5.41) is 0. The second-order valence-corrected chi connectivity index (χ2v) is 9.88. The van der Waals surface area contributed by atoms with Gasteiger partial charge < -0.3 is 14.7 Å². The Morgan fingerprint density at radius 2 is 1.68 bits per heavy atom. The molecule has 28 heavy (non-hydrogen) atoms. The van der Waals surface area contributed by atoms with Crippen molar-refractivity contribution in [1.29, 1.82) is 0 Å². The van der Waals surface area contributed by atoms with Gasteiger partial charge in [-0.2, -0.15) is 0 Å². The molecule has 2 bridgehead atoms. The first-order valence-electron chi connectivity index (χ1n) is 10.3. The number of carbonyl (C=O) groups excluding carboxylic acids is 2. The lowest BCUT2D eigenvalue weighted by Crippen LogP contribution is -2.54. The van der Waals surface area contributed by atoms with Crippen LogP contribution in [0.4, 0.5) is 10.1 Å². The molecule has 0 aromatic heterocycles. The van der Waals surface area contributed by atoms with Crippen LogP contribution in [0.15, 0.2) is 24.3 Å². The van der Waals surface area contributed by atoms with Crippen LogP contribution in [0.25, 0.3) is 0 Å². The Labute approximate surface area is 166 Å². The number of hydrogen-bond donors (Lipinski definition) is 0. The molecular weight excluding hydrogens is 357 g/mol. The fourth-order valence-corrected chi connectivity index (χ4v) is 5.81. The minimum Gasteiger partial charge on any atom is -0.366 e. The number of fused-ring (bicyclic) bond motifs is 2. The number of para-hydroxylation sites is 1. The fraction of sp³-hybridized carbons (Fsp3) is 0.636. The van der Waals surface area contributed by atoms with Gasteiger partial charge in [0, 0.05) is 38.8 Å². The number of amides is 2. The van der Waals surface area contributed by atoms with Gasteiger partial charge in [0.25, 0.3) is 0 Å². The lowest BCUT2D eigenvalue weighted by atomic mass is 9.65. The summed E-state index contributed by atoms with van der Waals surface area (Å²) in [6.45, 7) is 9.40. The van der Waals surface area contributed by atoms with Gasteiger partial charge in [0.1, 0.15) is 5.82 Å². The number of nitrogens with zero attached hydrogens (tertiary/aromatic N) is 3. The molecule has 2 unspecified atom stereocenters. The summed E-state index contributed by atoms with van der Waals surface area (Å²) in [6.07, 6.45) is 3.05. The highest BCUT2D eigenvalue weighted by Crippen LogP contribution is 2.52. The Morgan fingerprint density at radius 1 is 1.00 bits per heavy atom. The molecule has 5 nitrogen and oxygen atoms in total. The maximum absolute atomic E-state index is 14.0. The molecule has 152 valence electrons. The SMILES string of the molecule is CC1(C)CC2CC(C)(CN2C(=O)C(=O)N2CCN(c3ccccc3F)CC2)C1. The predicted octanol–water partition coefficient (Wildman–Crippen LogP) is 2.90. The quantitative estimate of drug-likeness (QED) is 0.696. The first-order chi connectivity index (χ1) is 13.2. The molecule has 4 rings (SSSR count). The van der Waals surface area contributed by atoms with E-state index in [1.807, 2.05) is 15.9 Å². The van der Waals surface area contributed by atoms with Crippen LogP contribution in [0, 0.1) is 16.6 Å². The van der Waals surface area contributed by atoms with Crippen molar-refractivity contribution < 1.29 is 14.0 Å². The highest BCUT2D eigenvalue weighted by molar-refractivity contribution is 6.35. The van der Waals surface area contributed by atoms with E-state index in [9.17, 15) is 14.0 Å². The zero-order valence-electron chi connectivity index (χ0n) is 17.1. The van der Waals surface area contributed by atoms with Crippen molar-refractivity contribution in [3.63, 3.8) is 0 Å². The summed E-state index contributed by atoms with van der Waals surface area (Å²) in [4.78, 5) is 31.3. The first-order valence-corrected chi connectivity index (χ1v) is 10.3. The molecule has 0 radical (unpaired) electrons. The zero-order chi connectivity index (χ0) is 20.1. The van der Waals surface area contributed by atoms with E-state index in [1.165, 1.54) is 6.07 Å². The van der Waals surface area contributed by atoms with Gasteiger partial charge in [-0.05, 0) is 42.2 Å². The van der Waals surface area contributed by atoms with Crippen LogP contribution in [0.3, 0.4) is 0 Å². The van der Waals surface area contributed by atoms with Crippen molar-refractivity contribution >= 4 is 17.5 Å². The zero-order valence-corrected chi connectivity index (χ0v) is 17.1. The number of rotatable bonds is 1. The lowest BCUT2D eigenvalue weighted by Gasteiger charge is -2.39. The van der Waals surface area contributed by atoms with Crippen LogP contribution in [0.1, 0.15) is 40.0 Å². The smallest absolute Gasteiger partial charge is 0.312 e. The highest BCUT2D eigenvalue weighted by atomic mass is 19.1. The third kappa shape index (κ3) is 3.49. The van der Waals surface area contributed by atoms with E-state index < -0.39 is 5.91 Å². The van der Waals surface area contributed by atoms with Crippen LogP contribution in [0.5, 0.6) is 0 Å². The second kappa shape index (κ2) is 6.75. The molecule has 1 saturated carbocycles.